The van der Waals surface area contributed by atoms with E-state index in [1.54, 1.807) is 0 Å². The van der Waals surface area contributed by atoms with Gasteiger partial charge in [-0.05, 0) is 18.1 Å². The largest absolute Gasteiger partial charge is 0.307 e. The average molecular weight is 274 g/mol. The molecule has 1 unspecified atom stereocenters. The summed E-state index contributed by atoms with van der Waals surface area (Å²) in [6.45, 7) is 3.07. The Balaban J connectivity index is 0.00000180. The average Bonchev–Trinajstić information content (AvgIpc) is 2.45. The predicted molar refractivity (Wildman–Crippen MR) is 85.6 cm³/mol. The maximum absolute atomic E-state index is 3.48. The third-order valence-electron chi connectivity index (χ3n) is 2.95. The molecule has 1 nitrogen and oxygen atoms in total. The highest BCUT2D eigenvalue weighted by molar-refractivity contribution is 5.85. The molecular formula is C17H20ClN. The van der Waals surface area contributed by atoms with Crippen LogP contribution in [0.5, 0.6) is 0 Å². The highest BCUT2D eigenvalue weighted by Crippen LogP contribution is 2.10. The molecule has 0 heterocycles. The van der Waals surface area contributed by atoms with Crippen LogP contribution in [-0.4, -0.2) is 6.54 Å². The fraction of sp³-hybridized carbons (Fsp3) is 0.176. The van der Waals surface area contributed by atoms with Gasteiger partial charge in [-0.2, -0.15) is 0 Å². The van der Waals surface area contributed by atoms with Gasteiger partial charge in [0.2, 0.25) is 0 Å². The zero-order valence-corrected chi connectivity index (χ0v) is 11.9. The second kappa shape index (κ2) is 8.52. The summed E-state index contributed by atoms with van der Waals surface area (Å²) in [5.41, 5.74) is 2.57. The van der Waals surface area contributed by atoms with Crippen molar-refractivity contribution in [3.8, 4) is 0 Å². The minimum absolute atomic E-state index is 0. The first kappa shape index (κ1) is 15.5. The lowest BCUT2D eigenvalue weighted by Crippen LogP contribution is -2.18. The van der Waals surface area contributed by atoms with E-state index in [0.29, 0.717) is 6.04 Å². The Labute approximate surface area is 121 Å². The van der Waals surface area contributed by atoms with Crippen LogP contribution in [0, 0.1) is 0 Å². The summed E-state index contributed by atoms with van der Waals surface area (Å²) in [5.74, 6) is 0. The maximum Gasteiger partial charge on any atom is 0.0294 e. The lowest BCUT2D eigenvalue weighted by atomic mass is 10.1. The van der Waals surface area contributed by atoms with Gasteiger partial charge in [-0.3, -0.25) is 0 Å². The molecule has 100 valence electrons. The van der Waals surface area contributed by atoms with Crippen LogP contribution >= 0.6 is 12.4 Å². The quantitative estimate of drug-likeness (QED) is 0.847. The van der Waals surface area contributed by atoms with Crippen LogP contribution in [0.3, 0.4) is 0 Å². The first-order chi connectivity index (χ1) is 8.86. The molecule has 0 radical (unpaired) electrons. The monoisotopic (exact) mass is 273 g/mol. The Bertz CT molecular complexity index is 479. The van der Waals surface area contributed by atoms with Crippen LogP contribution in [0.25, 0.3) is 6.08 Å². The Hall–Kier alpha value is -1.57. The van der Waals surface area contributed by atoms with Gasteiger partial charge in [-0.1, -0.05) is 72.8 Å². The molecule has 1 N–H and O–H groups in total. The number of nitrogens with one attached hydrogen (secondary N) is 1. The Morgan fingerprint density at radius 2 is 1.53 bits per heavy atom. The van der Waals surface area contributed by atoms with Gasteiger partial charge in [0, 0.05) is 12.6 Å². The number of benzene rings is 2. The molecule has 0 spiro atoms. The van der Waals surface area contributed by atoms with Gasteiger partial charge >= 0.3 is 0 Å². The number of hydrogen-bond donors (Lipinski definition) is 1. The first-order valence-electron chi connectivity index (χ1n) is 6.36. The molecule has 0 fully saturated rings. The lowest BCUT2D eigenvalue weighted by molar-refractivity contribution is 0.618. The number of rotatable bonds is 5. The van der Waals surface area contributed by atoms with Crippen LogP contribution in [-0.2, 0) is 0 Å². The summed E-state index contributed by atoms with van der Waals surface area (Å²) in [7, 11) is 0. The highest BCUT2D eigenvalue weighted by Gasteiger charge is 2.00. The molecule has 0 saturated carbocycles. The third kappa shape index (κ3) is 5.29. The summed E-state index contributed by atoms with van der Waals surface area (Å²) in [6.07, 6.45) is 4.31. The molecule has 0 aliphatic heterocycles. The van der Waals surface area contributed by atoms with Crippen molar-refractivity contribution in [2.75, 3.05) is 6.54 Å². The van der Waals surface area contributed by atoms with Crippen molar-refractivity contribution in [3.05, 3.63) is 77.9 Å². The molecule has 0 aliphatic carbocycles. The maximum atomic E-state index is 3.48. The van der Waals surface area contributed by atoms with Gasteiger partial charge in [0.15, 0.2) is 0 Å². The van der Waals surface area contributed by atoms with Crippen molar-refractivity contribution >= 4 is 18.5 Å². The zero-order chi connectivity index (χ0) is 12.6. The van der Waals surface area contributed by atoms with Crippen molar-refractivity contribution in [3.63, 3.8) is 0 Å². The Morgan fingerprint density at radius 1 is 0.947 bits per heavy atom. The SMILES string of the molecule is CC(NC/C=C/c1ccccc1)c1ccccc1.Cl. The van der Waals surface area contributed by atoms with E-state index in [4.69, 9.17) is 0 Å². The number of hydrogen-bond acceptors (Lipinski definition) is 1. The van der Waals surface area contributed by atoms with E-state index in [1.807, 2.05) is 12.1 Å². The molecule has 19 heavy (non-hydrogen) atoms. The molecule has 2 rings (SSSR count). The number of halogens is 1. The molecule has 0 amide bonds. The third-order valence-corrected chi connectivity index (χ3v) is 2.95. The summed E-state index contributed by atoms with van der Waals surface area (Å²) >= 11 is 0. The first-order valence-corrected chi connectivity index (χ1v) is 6.36. The van der Waals surface area contributed by atoms with Gasteiger partial charge < -0.3 is 5.32 Å². The van der Waals surface area contributed by atoms with Crippen molar-refractivity contribution in [2.45, 2.75) is 13.0 Å². The second-order valence-electron chi connectivity index (χ2n) is 4.35. The van der Waals surface area contributed by atoms with Gasteiger partial charge in [-0.15, -0.1) is 12.4 Å². The van der Waals surface area contributed by atoms with Gasteiger partial charge in [-0.25, -0.2) is 0 Å². The molecule has 1 atom stereocenters. The minimum Gasteiger partial charge on any atom is -0.307 e. The smallest absolute Gasteiger partial charge is 0.0294 e. The summed E-state index contributed by atoms with van der Waals surface area (Å²) in [6, 6.07) is 21.2. The van der Waals surface area contributed by atoms with Crippen LogP contribution in [0.2, 0.25) is 0 Å². The van der Waals surface area contributed by atoms with Gasteiger partial charge in [0.25, 0.3) is 0 Å². The molecule has 0 bridgehead atoms. The van der Waals surface area contributed by atoms with Crippen LogP contribution in [0.1, 0.15) is 24.1 Å². The highest BCUT2D eigenvalue weighted by atomic mass is 35.5. The minimum atomic E-state index is 0. The van der Waals surface area contributed by atoms with E-state index >= 15 is 0 Å². The molecule has 0 aliphatic rings. The fourth-order valence-electron chi connectivity index (χ4n) is 1.86. The molecule has 2 aromatic rings. The normalized spacial score (nSPS) is 12.1. The molecule has 2 aromatic carbocycles. The summed E-state index contributed by atoms with van der Waals surface area (Å²) in [4.78, 5) is 0. The summed E-state index contributed by atoms with van der Waals surface area (Å²) in [5, 5.41) is 3.48. The molecule has 0 aromatic heterocycles. The Kier molecular flexibility index (Phi) is 6.94. The van der Waals surface area contributed by atoms with Gasteiger partial charge in [0.05, 0.1) is 0 Å². The van der Waals surface area contributed by atoms with E-state index in [0.717, 1.165) is 6.54 Å². The molecule has 2 heteroatoms. The van der Waals surface area contributed by atoms with Gasteiger partial charge in [0.1, 0.15) is 0 Å². The van der Waals surface area contributed by atoms with E-state index < -0.39 is 0 Å². The van der Waals surface area contributed by atoms with Crippen molar-refractivity contribution < 1.29 is 0 Å². The second-order valence-corrected chi connectivity index (χ2v) is 4.35. The van der Waals surface area contributed by atoms with E-state index in [9.17, 15) is 0 Å². The van der Waals surface area contributed by atoms with Crippen LogP contribution in [0.4, 0.5) is 0 Å². The lowest BCUT2D eigenvalue weighted by Gasteiger charge is -2.12. The van der Waals surface area contributed by atoms with Crippen molar-refractivity contribution in [1.29, 1.82) is 0 Å². The van der Waals surface area contributed by atoms with Crippen molar-refractivity contribution in [1.82, 2.24) is 5.32 Å². The standard InChI is InChI=1S/C17H19N.ClH/c1-15(17-12-6-3-7-13-17)18-14-8-11-16-9-4-2-5-10-16;/h2-13,15,18H,14H2,1H3;1H/b11-8+;. The fourth-order valence-corrected chi connectivity index (χ4v) is 1.86. The van der Waals surface area contributed by atoms with Crippen molar-refractivity contribution in [2.24, 2.45) is 0 Å². The molecule has 0 saturated heterocycles. The van der Waals surface area contributed by atoms with Crippen LogP contribution in [0.15, 0.2) is 66.7 Å². The van der Waals surface area contributed by atoms with Crippen LogP contribution < -0.4 is 5.32 Å². The molecular weight excluding hydrogens is 254 g/mol. The van der Waals surface area contributed by atoms with E-state index in [2.05, 4.69) is 72.9 Å². The predicted octanol–water partition coefficient (Wildman–Crippen LogP) is 4.47. The topological polar surface area (TPSA) is 12.0 Å². The van der Waals surface area contributed by atoms with E-state index in [-0.39, 0.29) is 12.4 Å². The summed E-state index contributed by atoms with van der Waals surface area (Å²) < 4.78 is 0. The Morgan fingerprint density at radius 3 is 2.16 bits per heavy atom. The zero-order valence-electron chi connectivity index (χ0n) is 11.1. The van der Waals surface area contributed by atoms with E-state index in [1.165, 1.54) is 11.1 Å².